The first-order valence-corrected chi connectivity index (χ1v) is 9.42. The van der Waals surface area contributed by atoms with Gasteiger partial charge in [-0.1, -0.05) is 67.7 Å². The first-order chi connectivity index (χ1) is 9.04. The third kappa shape index (κ3) is 4.44. The molecule has 0 aliphatic heterocycles. The number of hydrogen-bond donors (Lipinski definition) is 0. The number of benzene rings is 1. The molecule has 0 amide bonds. The van der Waals surface area contributed by atoms with Crippen LogP contribution in [0.25, 0.3) is 5.57 Å². The third-order valence-corrected chi connectivity index (χ3v) is 5.50. The van der Waals surface area contributed by atoms with Crippen molar-refractivity contribution >= 4 is 14.4 Å². The SMILES string of the molecule is C=CC=CC.CC1=C(C)C([Si](C)C)c2ccccc21.[Ti]. The molecular formula is C18H25SiTi. The van der Waals surface area contributed by atoms with E-state index in [1.54, 1.807) is 17.2 Å². The molecule has 0 nitrogen and oxygen atoms in total. The molecule has 1 aromatic carbocycles. The van der Waals surface area contributed by atoms with Gasteiger partial charge < -0.3 is 0 Å². The maximum absolute atomic E-state index is 3.46. The largest absolute Gasteiger partial charge is 0.0991 e. The molecule has 0 fully saturated rings. The van der Waals surface area contributed by atoms with Gasteiger partial charge in [-0.3, -0.25) is 0 Å². The van der Waals surface area contributed by atoms with E-state index in [-0.39, 0.29) is 30.5 Å². The Kier molecular flexibility index (Phi) is 9.04. The summed E-state index contributed by atoms with van der Waals surface area (Å²) in [6, 6.07) is 8.88. The zero-order chi connectivity index (χ0) is 14.4. The van der Waals surface area contributed by atoms with Gasteiger partial charge >= 0.3 is 0 Å². The summed E-state index contributed by atoms with van der Waals surface area (Å²) >= 11 is 0. The minimum atomic E-state index is -0.263. The quantitative estimate of drug-likeness (QED) is 0.491. The number of hydrogen-bond acceptors (Lipinski definition) is 0. The van der Waals surface area contributed by atoms with Crippen LogP contribution >= 0.6 is 0 Å². The average molecular weight is 317 g/mol. The van der Waals surface area contributed by atoms with Crippen molar-refractivity contribution in [1.29, 1.82) is 0 Å². The fourth-order valence-corrected chi connectivity index (χ4v) is 4.59. The summed E-state index contributed by atoms with van der Waals surface area (Å²) in [5.41, 5.74) is 6.92. The van der Waals surface area contributed by atoms with Gasteiger partial charge in [-0.05, 0) is 43.0 Å². The molecule has 20 heavy (non-hydrogen) atoms. The number of allylic oxidation sites excluding steroid dienone is 5. The predicted octanol–water partition coefficient (Wildman–Crippen LogP) is 5.62. The van der Waals surface area contributed by atoms with E-state index in [9.17, 15) is 0 Å². The number of rotatable bonds is 2. The van der Waals surface area contributed by atoms with Crippen LogP contribution in [0.1, 0.15) is 37.4 Å². The van der Waals surface area contributed by atoms with E-state index in [4.69, 9.17) is 0 Å². The fraction of sp³-hybridized carbons (Fsp3) is 0.333. The van der Waals surface area contributed by atoms with Gasteiger partial charge in [-0.2, -0.15) is 0 Å². The normalized spacial score (nSPS) is 16.6. The van der Waals surface area contributed by atoms with Crippen molar-refractivity contribution in [3.63, 3.8) is 0 Å². The van der Waals surface area contributed by atoms with Gasteiger partial charge in [0.05, 0.1) is 8.80 Å². The number of fused-ring (bicyclic) bond motifs is 1. The Labute approximate surface area is 141 Å². The van der Waals surface area contributed by atoms with Crippen LogP contribution < -0.4 is 0 Å². The van der Waals surface area contributed by atoms with Crippen LogP contribution in [0.15, 0.2) is 54.6 Å². The van der Waals surface area contributed by atoms with Gasteiger partial charge in [0.1, 0.15) is 0 Å². The molecule has 1 radical (unpaired) electrons. The molecule has 1 aromatic rings. The summed E-state index contributed by atoms with van der Waals surface area (Å²) in [6.45, 7) is 14.8. The molecule has 0 heterocycles. The van der Waals surface area contributed by atoms with Gasteiger partial charge in [0.15, 0.2) is 0 Å². The summed E-state index contributed by atoms with van der Waals surface area (Å²) in [5, 5.41) is 0. The van der Waals surface area contributed by atoms with E-state index in [2.05, 4.69) is 57.8 Å². The average Bonchev–Trinajstić information content (AvgIpc) is 2.64. The molecule has 1 atom stereocenters. The maximum Gasteiger partial charge on any atom is 0.0552 e. The molecule has 0 bridgehead atoms. The Bertz CT molecular complexity index is 498. The van der Waals surface area contributed by atoms with Crippen molar-refractivity contribution in [2.24, 2.45) is 0 Å². The maximum atomic E-state index is 3.46. The molecule has 1 unspecified atom stereocenters. The van der Waals surface area contributed by atoms with Crippen LogP contribution in [0.5, 0.6) is 0 Å². The first-order valence-electron chi connectivity index (χ1n) is 6.85. The van der Waals surface area contributed by atoms with Crippen molar-refractivity contribution in [3.8, 4) is 0 Å². The van der Waals surface area contributed by atoms with E-state index >= 15 is 0 Å². The molecule has 105 valence electrons. The standard InChI is InChI=1S/C13H17Si.C5H8.Ti/c1-9-10(2)13(14(3)4)12-8-6-5-7-11(9)12;1-3-5-4-2;/h5-8,13H,1-4H3;3-5H,1H2,2H3;. The van der Waals surface area contributed by atoms with Gasteiger partial charge in [-0.15, -0.1) is 0 Å². The van der Waals surface area contributed by atoms with Gasteiger partial charge in [0, 0.05) is 21.7 Å². The molecule has 1 aliphatic rings. The summed E-state index contributed by atoms with van der Waals surface area (Å²) in [7, 11) is -0.263. The van der Waals surface area contributed by atoms with Crippen molar-refractivity contribution in [3.05, 3.63) is 65.8 Å². The van der Waals surface area contributed by atoms with Crippen molar-refractivity contribution in [2.45, 2.75) is 39.4 Å². The minimum Gasteiger partial charge on any atom is -0.0991 e. The summed E-state index contributed by atoms with van der Waals surface area (Å²) in [5.74, 6) is 0. The van der Waals surface area contributed by atoms with Gasteiger partial charge in [0.2, 0.25) is 0 Å². The molecule has 2 heteroatoms. The van der Waals surface area contributed by atoms with Crippen LogP contribution in [-0.2, 0) is 21.7 Å². The Hall–Kier alpha value is -0.629. The van der Waals surface area contributed by atoms with Crippen LogP contribution in [0.3, 0.4) is 0 Å². The Morgan fingerprint density at radius 3 is 2.20 bits per heavy atom. The zero-order valence-electron chi connectivity index (χ0n) is 13.3. The molecule has 0 saturated heterocycles. The smallest absolute Gasteiger partial charge is 0.0552 e. The third-order valence-electron chi connectivity index (χ3n) is 3.61. The molecule has 0 N–H and O–H groups in total. The van der Waals surface area contributed by atoms with E-state index < -0.39 is 0 Å². The molecule has 0 aromatic heterocycles. The molecular weight excluding hydrogens is 292 g/mol. The Morgan fingerprint density at radius 1 is 1.15 bits per heavy atom. The van der Waals surface area contributed by atoms with Crippen molar-refractivity contribution in [2.75, 3.05) is 0 Å². The molecule has 2 rings (SSSR count). The second kappa shape index (κ2) is 9.33. The van der Waals surface area contributed by atoms with Crippen LogP contribution in [0.2, 0.25) is 13.1 Å². The first kappa shape index (κ1) is 19.4. The van der Waals surface area contributed by atoms with Gasteiger partial charge in [-0.25, -0.2) is 0 Å². The molecule has 0 saturated carbocycles. The van der Waals surface area contributed by atoms with Crippen LogP contribution in [-0.4, -0.2) is 8.80 Å². The molecule has 0 spiro atoms. The van der Waals surface area contributed by atoms with Crippen molar-refractivity contribution < 1.29 is 21.7 Å². The Balaban J connectivity index is 0.000000526. The van der Waals surface area contributed by atoms with E-state index in [1.807, 2.05) is 19.1 Å². The molecule has 1 aliphatic carbocycles. The topological polar surface area (TPSA) is 0 Å². The summed E-state index contributed by atoms with van der Waals surface area (Å²) in [4.78, 5) is 0. The van der Waals surface area contributed by atoms with E-state index in [0.717, 1.165) is 5.54 Å². The Morgan fingerprint density at radius 2 is 1.75 bits per heavy atom. The second-order valence-corrected chi connectivity index (χ2v) is 7.90. The van der Waals surface area contributed by atoms with E-state index in [1.165, 1.54) is 11.1 Å². The van der Waals surface area contributed by atoms with Crippen molar-refractivity contribution in [1.82, 2.24) is 0 Å². The summed E-state index contributed by atoms with van der Waals surface area (Å²) < 4.78 is 0. The van der Waals surface area contributed by atoms with Crippen LogP contribution in [0, 0.1) is 0 Å². The van der Waals surface area contributed by atoms with E-state index in [0.29, 0.717) is 0 Å². The van der Waals surface area contributed by atoms with Gasteiger partial charge in [0.25, 0.3) is 0 Å². The predicted molar refractivity (Wildman–Crippen MR) is 89.9 cm³/mol. The fourth-order valence-electron chi connectivity index (χ4n) is 2.63. The zero-order valence-corrected chi connectivity index (χ0v) is 15.9. The minimum absolute atomic E-state index is 0. The monoisotopic (exact) mass is 317 g/mol. The van der Waals surface area contributed by atoms with Crippen LogP contribution in [0.4, 0.5) is 0 Å². The summed E-state index contributed by atoms with van der Waals surface area (Å²) in [6.07, 6.45) is 5.58. The second-order valence-electron chi connectivity index (χ2n) is 5.17.